The SMILES string of the molecule is CSc1ccc(C(=O)Nc2ccc3c(c2)OCO3)cc1. The Hall–Kier alpha value is -2.14. The van der Waals surface area contributed by atoms with Gasteiger partial charge in [-0.2, -0.15) is 0 Å². The van der Waals surface area contributed by atoms with Gasteiger partial charge in [-0.15, -0.1) is 11.8 Å². The van der Waals surface area contributed by atoms with Crippen molar-refractivity contribution in [2.75, 3.05) is 18.4 Å². The molecular weight excluding hydrogens is 274 g/mol. The molecule has 102 valence electrons. The summed E-state index contributed by atoms with van der Waals surface area (Å²) >= 11 is 1.64. The van der Waals surface area contributed by atoms with Crippen LogP contribution in [0.3, 0.4) is 0 Å². The molecule has 0 fully saturated rings. The summed E-state index contributed by atoms with van der Waals surface area (Å²) in [6.45, 7) is 0.225. The maximum absolute atomic E-state index is 12.1. The third-order valence-electron chi connectivity index (χ3n) is 2.98. The fraction of sp³-hybridized carbons (Fsp3) is 0.133. The molecule has 1 aliphatic heterocycles. The molecule has 0 radical (unpaired) electrons. The van der Waals surface area contributed by atoms with Crippen LogP contribution in [0.5, 0.6) is 11.5 Å². The van der Waals surface area contributed by atoms with Crippen molar-refractivity contribution < 1.29 is 14.3 Å². The highest BCUT2D eigenvalue weighted by atomic mass is 32.2. The smallest absolute Gasteiger partial charge is 0.255 e. The number of hydrogen-bond acceptors (Lipinski definition) is 4. The molecule has 2 aromatic rings. The molecule has 0 unspecified atom stereocenters. The fourth-order valence-electron chi connectivity index (χ4n) is 1.92. The number of anilines is 1. The average molecular weight is 287 g/mol. The van der Waals surface area contributed by atoms with Crippen LogP contribution in [0.4, 0.5) is 5.69 Å². The van der Waals surface area contributed by atoms with Gasteiger partial charge in [-0.3, -0.25) is 4.79 Å². The first-order valence-corrected chi connectivity index (χ1v) is 7.34. The summed E-state index contributed by atoms with van der Waals surface area (Å²) in [5.74, 6) is 1.21. The minimum absolute atomic E-state index is 0.142. The molecule has 4 nitrogen and oxygen atoms in total. The molecule has 0 aromatic heterocycles. The Bertz CT molecular complexity index is 640. The van der Waals surface area contributed by atoms with Crippen molar-refractivity contribution >= 4 is 23.4 Å². The first-order chi connectivity index (χ1) is 9.76. The van der Waals surface area contributed by atoms with Crippen LogP contribution in [0.15, 0.2) is 47.4 Å². The van der Waals surface area contributed by atoms with Gasteiger partial charge in [0.15, 0.2) is 11.5 Å². The van der Waals surface area contributed by atoms with E-state index in [1.165, 1.54) is 0 Å². The summed E-state index contributed by atoms with van der Waals surface area (Å²) in [6.07, 6.45) is 2.00. The van der Waals surface area contributed by atoms with Crippen molar-refractivity contribution in [3.63, 3.8) is 0 Å². The van der Waals surface area contributed by atoms with Gasteiger partial charge >= 0.3 is 0 Å². The van der Waals surface area contributed by atoms with Crippen molar-refractivity contribution in [3.05, 3.63) is 48.0 Å². The predicted molar refractivity (Wildman–Crippen MR) is 78.7 cm³/mol. The van der Waals surface area contributed by atoms with E-state index in [-0.39, 0.29) is 12.7 Å². The highest BCUT2D eigenvalue weighted by Gasteiger charge is 2.14. The van der Waals surface area contributed by atoms with Gasteiger partial charge in [0.05, 0.1) is 0 Å². The van der Waals surface area contributed by atoms with E-state index in [0.29, 0.717) is 22.7 Å². The van der Waals surface area contributed by atoms with Crippen molar-refractivity contribution in [2.24, 2.45) is 0 Å². The Labute approximate surface area is 121 Å². The second-order valence-electron chi connectivity index (χ2n) is 4.25. The predicted octanol–water partition coefficient (Wildman–Crippen LogP) is 3.39. The Balaban J connectivity index is 1.75. The van der Waals surface area contributed by atoms with E-state index in [1.54, 1.807) is 30.0 Å². The summed E-state index contributed by atoms with van der Waals surface area (Å²) in [5, 5.41) is 2.84. The summed E-state index contributed by atoms with van der Waals surface area (Å²) in [7, 11) is 0. The van der Waals surface area contributed by atoms with E-state index in [9.17, 15) is 4.79 Å². The molecule has 1 aliphatic rings. The van der Waals surface area contributed by atoms with Gasteiger partial charge in [-0.1, -0.05) is 0 Å². The van der Waals surface area contributed by atoms with Crippen LogP contribution in [0.2, 0.25) is 0 Å². The third kappa shape index (κ3) is 2.58. The van der Waals surface area contributed by atoms with Gasteiger partial charge in [-0.25, -0.2) is 0 Å². The van der Waals surface area contributed by atoms with Crippen molar-refractivity contribution in [3.8, 4) is 11.5 Å². The number of carbonyl (C=O) groups excluding carboxylic acids is 1. The first kappa shape index (κ1) is 12.9. The summed E-state index contributed by atoms with van der Waals surface area (Å²) in [4.78, 5) is 13.3. The highest BCUT2D eigenvalue weighted by Crippen LogP contribution is 2.34. The molecule has 1 N–H and O–H groups in total. The van der Waals surface area contributed by atoms with Gasteiger partial charge in [-0.05, 0) is 42.7 Å². The summed E-state index contributed by atoms with van der Waals surface area (Å²) in [5.41, 5.74) is 1.31. The lowest BCUT2D eigenvalue weighted by Crippen LogP contribution is -2.11. The largest absolute Gasteiger partial charge is 0.454 e. The molecule has 2 aromatic carbocycles. The number of hydrogen-bond donors (Lipinski definition) is 1. The van der Waals surface area contributed by atoms with Gasteiger partial charge in [0.2, 0.25) is 6.79 Å². The number of rotatable bonds is 3. The van der Waals surface area contributed by atoms with Crippen LogP contribution in [0, 0.1) is 0 Å². The molecule has 1 heterocycles. The lowest BCUT2D eigenvalue weighted by atomic mass is 10.2. The number of fused-ring (bicyclic) bond motifs is 1. The molecule has 0 saturated carbocycles. The van der Waals surface area contributed by atoms with Crippen molar-refractivity contribution in [1.82, 2.24) is 0 Å². The molecule has 0 spiro atoms. The van der Waals surface area contributed by atoms with Crippen LogP contribution < -0.4 is 14.8 Å². The van der Waals surface area contributed by atoms with E-state index in [0.717, 1.165) is 4.90 Å². The molecule has 0 atom stereocenters. The number of nitrogens with one attached hydrogen (secondary N) is 1. The van der Waals surface area contributed by atoms with E-state index in [2.05, 4.69) is 5.32 Å². The van der Waals surface area contributed by atoms with E-state index >= 15 is 0 Å². The van der Waals surface area contributed by atoms with Gasteiger partial charge < -0.3 is 14.8 Å². The second-order valence-corrected chi connectivity index (χ2v) is 5.13. The number of benzene rings is 2. The molecular formula is C15H13NO3S. The van der Waals surface area contributed by atoms with E-state index in [1.807, 2.05) is 30.5 Å². The zero-order valence-electron chi connectivity index (χ0n) is 10.9. The Morgan fingerprint density at radius 2 is 1.85 bits per heavy atom. The van der Waals surface area contributed by atoms with E-state index < -0.39 is 0 Å². The van der Waals surface area contributed by atoms with Crippen molar-refractivity contribution in [2.45, 2.75) is 4.90 Å². The molecule has 0 aliphatic carbocycles. The quantitative estimate of drug-likeness (QED) is 0.879. The first-order valence-electron chi connectivity index (χ1n) is 6.11. The highest BCUT2D eigenvalue weighted by molar-refractivity contribution is 7.98. The normalized spacial score (nSPS) is 12.2. The average Bonchev–Trinajstić information content (AvgIpc) is 2.95. The van der Waals surface area contributed by atoms with Crippen LogP contribution in [0.25, 0.3) is 0 Å². The van der Waals surface area contributed by atoms with Crippen LogP contribution >= 0.6 is 11.8 Å². The standard InChI is InChI=1S/C15H13NO3S/c1-20-12-5-2-10(3-6-12)15(17)16-11-4-7-13-14(8-11)19-9-18-13/h2-8H,9H2,1H3,(H,16,17). The Kier molecular flexibility index (Phi) is 3.52. The topological polar surface area (TPSA) is 47.6 Å². The monoisotopic (exact) mass is 287 g/mol. The maximum atomic E-state index is 12.1. The van der Waals surface area contributed by atoms with Crippen LogP contribution in [-0.2, 0) is 0 Å². The number of ether oxygens (including phenoxy) is 2. The minimum Gasteiger partial charge on any atom is -0.454 e. The number of amides is 1. The molecule has 3 rings (SSSR count). The lowest BCUT2D eigenvalue weighted by molar-refractivity contribution is 0.102. The summed E-state index contributed by atoms with van der Waals surface area (Å²) < 4.78 is 10.5. The van der Waals surface area contributed by atoms with Crippen LogP contribution in [-0.4, -0.2) is 19.0 Å². The molecule has 0 saturated heterocycles. The zero-order valence-corrected chi connectivity index (χ0v) is 11.7. The Morgan fingerprint density at radius 1 is 1.10 bits per heavy atom. The zero-order chi connectivity index (χ0) is 13.9. The fourth-order valence-corrected chi connectivity index (χ4v) is 2.33. The third-order valence-corrected chi connectivity index (χ3v) is 3.73. The van der Waals surface area contributed by atoms with Gasteiger partial charge in [0.1, 0.15) is 0 Å². The lowest BCUT2D eigenvalue weighted by Gasteiger charge is -2.06. The maximum Gasteiger partial charge on any atom is 0.255 e. The number of thioether (sulfide) groups is 1. The number of carbonyl (C=O) groups is 1. The molecule has 1 amide bonds. The Morgan fingerprint density at radius 3 is 2.60 bits per heavy atom. The second kappa shape index (κ2) is 5.46. The van der Waals surface area contributed by atoms with Gasteiger partial charge in [0.25, 0.3) is 5.91 Å². The van der Waals surface area contributed by atoms with Gasteiger partial charge in [0, 0.05) is 22.2 Å². The molecule has 0 bridgehead atoms. The van der Waals surface area contributed by atoms with Crippen LogP contribution in [0.1, 0.15) is 10.4 Å². The molecule has 5 heteroatoms. The van der Waals surface area contributed by atoms with Crippen molar-refractivity contribution in [1.29, 1.82) is 0 Å². The van der Waals surface area contributed by atoms with E-state index in [4.69, 9.17) is 9.47 Å². The minimum atomic E-state index is -0.142. The summed E-state index contributed by atoms with van der Waals surface area (Å²) in [6, 6.07) is 12.8. The molecule has 20 heavy (non-hydrogen) atoms.